The summed E-state index contributed by atoms with van der Waals surface area (Å²) >= 11 is 0. The molecule has 2 amide bonds. The molecule has 0 saturated carbocycles. The third kappa shape index (κ3) is 4.34. The molecular weight excluding hydrogens is 338 g/mol. The van der Waals surface area contributed by atoms with E-state index in [0.717, 1.165) is 64.8 Å². The van der Waals surface area contributed by atoms with E-state index in [4.69, 9.17) is 0 Å². The number of piperazine rings is 1. The van der Waals surface area contributed by atoms with Crippen LogP contribution in [0.5, 0.6) is 0 Å². The molecule has 1 aliphatic carbocycles. The van der Waals surface area contributed by atoms with Crippen molar-refractivity contribution in [3.63, 3.8) is 0 Å². The van der Waals surface area contributed by atoms with Gasteiger partial charge in [-0.15, -0.1) is 0 Å². The first-order valence-corrected chi connectivity index (χ1v) is 10.6. The summed E-state index contributed by atoms with van der Waals surface area (Å²) in [6, 6.07) is 9.40. The third-order valence-corrected chi connectivity index (χ3v) is 6.50. The van der Waals surface area contributed by atoms with Gasteiger partial charge in [-0.05, 0) is 43.2 Å². The Bertz CT molecular complexity index is 682. The summed E-state index contributed by atoms with van der Waals surface area (Å²) in [4.78, 5) is 31.1. The van der Waals surface area contributed by atoms with Crippen LogP contribution in [0, 0.1) is 0 Å². The van der Waals surface area contributed by atoms with Crippen molar-refractivity contribution < 1.29 is 9.59 Å². The first kappa shape index (κ1) is 18.5. The average molecular weight is 370 g/mol. The molecule has 2 fully saturated rings. The number of aryl methyl sites for hydroxylation is 1. The summed E-state index contributed by atoms with van der Waals surface area (Å²) in [7, 11) is 0. The Morgan fingerprint density at radius 3 is 2.52 bits per heavy atom. The number of rotatable bonds is 3. The van der Waals surface area contributed by atoms with Gasteiger partial charge in [0.15, 0.2) is 0 Å². The maximum Gasteiger partial charge on any atom is 0.242 e. The lowest BCUT2D eigenvalue weighted by Gasteiger charge is -2.41. The highest BCUT2D eigenvalue weighted by Crippen LogP contribution is 2.25. The van der Waals surface area contributed by atoms with Crippen molar-refractivity contribution in [2.45, 2.75) is 51.0 Å². The van der Waals surface area contributed by atoms with Crippen molar-refractivity contribution in [1.82, 2.24) is 14.7 Å². The monoisotopic (exact) mass is 369 g/mol. The molecule has 2 saturated heterocycles. The molecule has 4 rings (SSSR count). The smallest absolute Gasteiger partial charge is 0.242 e. The van der Waals surface area contributed by atoms with Crippen LogP contribution < -0.4 is 0 Å². The molecule has 5 heteroatoms. The molecule has 1 atom stereocenters. The van der Waals surface area contributed by atoms with Crippen molar-refractivity contribution in [2.75, 3.05) is 39.3 Å². The normalized spacial score (nSPS) is 24.4. The molecule has 0 spiro atoms. The van der Waals surface area contributed by atoms with Crippen molar-refractivity contribution in [3.8, 4) is 0 Å². The summed E-state index contributed by atoms with van der Waals surface area (Å²) in [5.74, 6) is 0.277. The number of hydrogen-bond donors (Lipinski definition) is 0. The summed E-state index contributed by atoms with van der Waals surface area (Å²) in [5, 5.41) is 0. The Labute approximate surface area is 162 Å². The van der Waals surface area contributed by atoms with E-state index in [9.17, 15) is 9.59 Å². The van der Waals surface area contributed by atoms with Crippen LogP contribution >= 0.6 is 0 Å². The average Bonchev–Trinajstić information content (AvgIpc) is 2.92. The van der Waals surface area contributed by atoms with E-state index < -0.39 is 0 Å². The zero-order valence-electron chi connectivity index (χ0n) is 16.2. The first-order valence-electron chi connectivity index (χ1n) is 10.6. The molecule has 0 aromatic heterocycles. The number of carbonyl (C=O) groups is 2. The number of fused-ring (bicyclic) bond motifs is 1. The molecule has 3 aliphatic rings. The van der Waals surface area contributed by atoms with Gasteiger partial charge < -0.3 is 9.80 Å². The summed E-state index contributed by atoms with van der Waals surface area (Å²) in [6.07, 6.45) is 7.20. The van der Waals surface area contributed by atoms with Gasteiger partial charge in [0.25, 0.3) is 0 Å². The van der Waals surface area contributed by atoms with Crippen LogP contribution in [0.4, 0.5) is 0 Å². The predicted octanol–water partition coefficient (Wildman–Crippen LogP) is 2.09. The molecule has 0 bridgehead atoms. The van der Waals surface area contributed by atoms with Gasteiger partial charge in [0.05, 0.1) is 6.54 Å². The SMILES string of the molecule is O=C(CN1CCCCCC1=O)N1CCN([C@H]2CCc3ccccc3C2)CC1. The van der Waals surface area contributed by atoms with Crippen LogP contribution in [0.1, 0.15) is 43.2 Å². The number of nitrogens with zero attached hydrogens (tertiary/aromatic N) is 3. The van der Waals surface area contributed by atoms with Crippen molar-refractivity contribution >= 4 is 11.8 Å². The van der Waals surface area contributed by atoms with Crippen LogP contribution in [0.25, 0.3) is 0 Å². The van der Waals surface area contributed by atoms with E-state index in [-0.39, 0.29) is 18.4 Å². The van der Waals surface area contributed by atoms with Gasteiger partial charge in [-0.1, -0.05) is 30.7 Å². The molecule has 0 N–H and O–H groups in total. The Morgan fingerprint density at radius 1 is 0.926 bits per heavy atom. The number of likely N-dealkylation sites (tertiary alicyclic amines) is 1. The quantitative estimate of drug-likeness (QED) is 0.819. The molecule has 146 valence electrons. The lowest BCUT2D eigenvalue weighted by molar-refractivity contribution is -0.141. The Hall–Kier alpha value is -1.88. The summed E-state index contributed by atoms with van der Waals surface area (Å²) in [6.45, 7) is 4.50. The van der Waals surface area contributed by atoms with E-state index in [2.05, 4.69) is 29.2 Å². The molecule has 2 heterocycles. The minimum absolute atomic E-state index is 0.124. The molecule has 0 radical (unpaired) electrons. The Morgan fingerprint density at radius 2 is 1.70 bits per heavy atom. The Kier molecular flexibility index (Phi) is 5.77. The van der Waals surface area contributed by atoms with E-state index in [0.29, 0.717) is 12.5 Å². The first-order chi connectivity index (χ1) is 13.2. The third-order valence-electron chi connectivity index (χ3n) is 6.50. The fourth-order valence-electron chi connectivity index (χ4n) is 4.80. The predicted molar refractivity (Wildman–Crippen MR) is 105 cm³/mol. The largest absolute Gasteiger partial charge is 0.339 e. The van der Waals surface area contributed by atoms with E-state index in [1.807, 2.05) is 4.90 Å². The zero-order valence-corrected chi connectivity index (χ0v) is 16.2. The minimum Gasteiger partial charge on any atom is -0.339 e. The van der Waals surface area contributed by atoms with Gasteiger partial charge in [0, 0.05) is 45.2 Å². The number of carbonyl (C=O) groups excluding carboxylic acids is 2. The Balaban J connectivity index is 1.27. The lowest BCUT2D eigenvalue weighted by atomic mass is 9.87. The molecule has 1 aromatic rings. The van der Waals surface area contributed by atoms with Crippen molar-refractivity contribution in [3.05, 3.63) is 35.4 Å². The fourth-order valence-corrected chi connectivity index (χ4v) is 4.80. The number of amides is 2. The molecule has 5 nitrogen and oxygen atoms in total. The molecule has 2 aliphatic heterocycles. The van der Waals surface area contributed by atoms with E-state index in [1.165, 1.54) is 17.5 Å². The highest BCUT2D eigenvalue weighted by atomic mass is 16.2. The van der Waals surface area contributed by atoms with E-state index in [1.54, 1.807) is 4.90 Å². The lowest BCUT2D eigenvalue weighted by Crippen LogP contribution is -2.54. The maximum atomic E-state index is 12.7. The van der Waals surface area contributed by atoms with Crippen LogP contribution in [0.15, 0.2) is 24.3 Å². The number of hydrogen-bond acceptors (Lipinski definition) is 3. The van der Waals surface area contributed by atoms with Gasteiger partial charge in [0.2, 0.25) is 11.8 Å². The molecule has 1 aromatic carbocycles. The van der Waals surface area contributed by atoms with Crippen LogP contribution in [-0.4, -0.2) is 71.8 Å². The standard InChI is InChI=1S/C22H31N3O2/c26-21-8-2-1-5-11-25(21)17-22(27)24-14-12-23(13-15-24)20-10-9-18-6-3-4-7-19(18)16-20/h3-4,6-7,20H,1-2,5,8-17H2/t20-/m0/s1. The summed E-state index contributed by atoms with van der Waals surface area (Å²) < 4.78 is 0. The highest BCUT2D eigenvalue weighted by molar-refractivity contribution is 5.85. The zero-order chi connectivity index (χ0) is 18.6. The van der Waals surface area contributed by atoms with Crippen molar-refractivity contribution in [2.24, 2.45) is 0 Å². The highest BCUT2D eigenvalue weighted by Gasteiger charge is 2.29. The topological polar surface area (TPSA) is 43.9 Å². The maximum absolute atomic E-state index is 12.7. The molecule has 0 unspecified atom stereocenters. The second-order valence-corrected chi connectivity index (χ2v) is 8.21. The van der Waals surface area contributed by atoms with Crippen LogP contribution in [0.2, 0.25) is 0 Å². The fraction of sp³-hybridized carbons (Fsp3) is 0.636. The summed E-state index contributed by atoms with van der Waals surface area (Å²) in [5.41, 5.74) is 3.00. The van der Waals surface area contributed by atoms with Crippen LogP contribution in [-0.2, 0) is 22.4 Å². The van der Waals surface area contributed by atoms with Gasteiger partial charge in [0.1, 0.15) is 0 Å². The minimum atomic E-state index is 0.124. The van der Waals surface area contributed by atoms with Gasteiger partial charge in [-0.3, -0.25) is 14.5 Å². The van der Waals surface area contributed by atoms with Gasteiger partial charge >= 0.3 is 0 Å². The van der Waals surface area contributed by atoms with Gasteiger partial charge in [-0.2, -0.15) is 0 Å². The second kappa shape index (κ2) is 8.42. The molecule has 27 heavy (non-hydrogen) atoms. The van der Waals surface area contributed by atoms with E-state index >= 15 is 0 Å². The molecular formula is C22H31N3O2. The number of benzene rings is 1. The van der Waals surface area contributed by atoms with Crippen LogP contribution in [0.3, 0.4) is 0 Å². The second-order valence-electron chi connectivity index (χ2n) is 8.21. The van der Waals surface area contributed by atoms with Crippen molar-refractivity contribution in [1.29, 1.82) is 0 Å². The van der Waals surface area contributed by atoms with Gasteiger partial charge in [-0.25, -0.2) is 0 Å².